The fourth-order valence-corrected chi connectivity index (χ4v) is 2.30. The third-order valence-electron chi connectivity index (χ3n) is 3.62. The Morgan fingerprint density at radius 2 is 2.00 bits per heavy atom. The molecule has 120 valence electrons. The molecule has 4 N–H and O–H groups in total. The normalized spacial score (nSPS) is 17.3. The Morgan fingerprint density at radius 3 is 2.48 bits per heavy atom. The van der Waals surface area contributed by atoms with Crippen molar-refractivity contribution < 1.29 is 24.2 Å². The maximum atomic E-state index is 12.0. The van der Waals surface area contributed by atoms with E-state index in [4.69, 9.17) is 15.6 Å². The Bertz CT molecular complexity index is 380. The molecule has 0 aromatic heterocycles. The molecule has 0 aromatic rings. The lowest BCUT2D eigenvalue weighted by Crippen LogP contribution is -2.51. The van der Waals surface area contributed by atoms with Crippen molar-refractivity contribution in [2.24, 2.45) is 11.7 Å². The number of piperidine rings is 1. The molecule has 0 bridgehead atoms. The summed E-state index contributed by atoms with van der Waals surface area (Å²) in [5.41, 5.74) is 5.23. The van der Waals surface area contributed by atoms with Gasteiger partial charge in [0.25, 0.3) is 0 Å². The highest BCUT2D eigenvalue weighted by atomic mass is 16.5. The third kappa shape index (κ3) is 5.58. The molecule has 1 aliphatic heterocycles. The molecule has 21 heavy (non-hydrogen) atoms. The van der Waals surface area contributed by atoms with Crippen LogP contribution in [-0.4, -0.2) is 60.8 Å². The predicted octanol–water partition coefficient (Wildman–Crippen LogP) is -0.227. The number of carboxylic acid groups (broad SMARTS) is 1. The lowest BCUT2D eigenvalue weighted by molar-refractivity contribution is -0.139. The summed E-state index contributed by atoms with van der Waals surface area (Å²) in [5.74, 6) is -1.62. The number of nitrogens with zero attached hydrogens (tertiary/aromatic N) is 1. The van der Waals surface area contributed by atoms with E-state index >= 15 is 0 Å². The molecule has 1 aliphatic rings. The second-order valence-electron chi connectivity index (χ2n) is 5.14. The second kappa shape index (κ2) is 8.46. The first-order valence-corrected chi connectivity index (χ1v) is 7.02. The van der Waals surface area contributed by atoms with Gasteiger partial charge in [-0.05, 0) is 25.7 Å². The van der Waals surface area contributed by atoms with Crippen molar-refractivity contribution in [1.29, 1.82) is 0 Å². The van der Waals surface area contributed by atoms with Crippen LogP contribution in [-0.2, 0) is 14.3 Å². The van der Waals surface area contributed by atoms with Crippen LogP contribution in [0.4, 0.5) is 4.79 Å². The fourth-order valence-electron chi connectivity index (χ4n) is 2.30. The van der Waals surface area contributed by atoms with Crippen LogP contribution in [0, 0.1) is 5.92 Å². The molecular formula is C13H23N3O5. The van der Waals surface area contributed by atoms with Gasteiger partial charge in [-0.15, -0.1) is 0 Å². The Morgan fingerprint density at radius 1 is 1.38 bits per heavy atom. The van der Waals surface area contributed by atoms with E-state index in [2.05, 4.69) is 5.32 Å². The Balaban J connectivity index is 2.43. The van der Waals surface area contributed by atoms with Crippen molar-refractivity contribution in [3.63, 3.8) is 0 Å². The summed E-state index contributed by atoms with van der Waals surface area (Å²) in [6.07, 6.45) is 1.90. The van der Waals surface area contributed by atoms with Crippen LogP contribution in [0.2, 0.25) is 0 Å². The van der Waals surface area contributed by atoms with Gasteiger partial charge in [-0.25, -0.2) is 9.59 Å². The minimum absolute atomic E-state index is 0.203. The molecule has 1 atom stereocenters. The standard InChI is InChI=1S/C13H23N3O5/c1-21-8-2-3-10(12(18)19)15-13(20)16-6-4-9(5-7-16)11(14)17/h9-10H,2-8H2,1H3,(H2,14,17)(H,15,20)(H,18,19). The predicted molar refractivity (Wildman–Crippen MR) is 74.6 cm³/mol. The Hall–Kier alpha value is -1.83. The molecule has 0 aliphatic carbocycles. The number of carbonyl (C=O) groups excluding carboxylic acids is 2. The molecule has 0 spiro atoms. The van der Waals surface area contributed by atoms with Crippen molar-refractivity contribution in [2.75, 3.05) is 26.8 Å². The summed E-state index contributed by atoms with van der Waals surface area (Å²) >= 11 is 0. The van der Waals surface area contributed by atoms with Gasteiger partial charge in [0.1, 0.15) is 6.04 Å². The van der Waals surface area contributed by atoms with Gasteiger partial charge in [-0.2, -0.15) is 0 Å². The molecule has 0 saturated carbocycles. The molecule has 1 unspecified atom stereocenters. The van der Waals surface area contributed by atoms with Crippen LogP contribution < -0.4 is 11.1 Å². The van der Waals surface area contributed by atoms with E-state index in [9.17, 15) is 14.4 Å². The molecule has 1 saturated heterocycles. The van der Waals surface area contributed by atoms with E-state index in [1.165, 1.54) is 12.0 Å². The van der Waals surface area contributed by atoms with Gasteiger partial charge >= 0.3 is 12.0 Å². The van der Waals surface area contributed by atoms with Crippen LogP contribution in [0.1, 0.15) is 25.7 Å². The fraction of sp³-hybridized carbons (Fsp3) is 0.769. The Labute approximate surface area is 123 Å². The lowest BCUT2D eigenvalue weighted by Gasteiger charge is -2.31. The largest absolute Gasteiger partial charge is 0.480 e. The molecule has 8 nitrogen and oxygen atoms in total. The summed E-state index contributed by atoms with van der Waals surface area (Å²) in [5, 5.41) is 11.6. The van der Waals surface area contributed by atoms with Gasteiger partial charge < -0.3 is 25.8 Å². The van der Waals surface area contributed by atoms with E-state index in [0.29, 0.717) is 45.4 Å². The minimum atomic E-state index is -1.06. The van der Waals surface area contributed by atoms with Gasteiger partial charge in [0, 0.05) is 32.7 Å². The zero-order valence-electron chi connectivity index (χ0n) is 12.2. The molecular weight excluding hydrogens is 278 g/mol. The highest BCUT2D eigenvalue weighted by molar-refractivity contribution is 5.83. The minimum Gasteiger partial charge on any atom is -0.480 e. The molecule has 0 radical (unpaired) electrons. The van der Waals surface area contributed by atoms with E-state index in [1.54, 1.807) is 0 Å². The Kier molecular flexibility index (Phi) is 6.93. The van der Waals surface area contributed by atoms with Crippen LogP contribution in [0.15, 0.2) is 0 Å². The number of carboxylic acids is 1. The SMILES string of the molecule is COCCCC(NC(=O)N1CCC(C(N)=O)CC1)C(=O)O. The average molecular weight is 301 g/mol. The molecule has 1 rings (SSSR count). The van der Waals surface area contributed by atoms with E-state index in [0.717, 1.165) is 0 Å². The number of methoxy groups -OCH3 is 1. The summed E-state index contributed by atoms with van der Waals surface area (Å²) in [7, 11) is 1.54. The van der Waals surface area contributed by atoms with Gasteiger partial charge in [-0.1, -0.05) is 0 Å². The van der Waals surface area contributed by atoms with Crippen molar-refractivity contribution in [3.05, 3.63) is 0 Å². The number of likely N-dealkylation sites (tertiary alicyclic amines) is 1. The smallest absolute Gasteiger partial charge is 0.326 e. The molecule has 1 fully saturated rings. The molecule has 3 amide bonds. The van der Waals surface area contributed by atoms with Crippen molar-refractivity contribution >= 4 is 17.9 Å². The number of nitrogens with two attached hydrogens (primary N) is 1. The van der Waals surface area contributed by atoms with Crippen LogP contribution in [0.25, 0.3) is 0 Å². The van der Waals surface area contributed by atoms with Crippen LogP contribution in [0.5, 0.6) is 0 Å². The number of hydrogen-bond donors (Lipinski definition) is 3. The maximum Gasteiger partial charge on any atom is 0.326 e. The van der Waals surface area contributed by atoms with E-state index in [1.807, 2.05) is 0 Å². The summed E-state index contributed by atoms with van der Waals surface area (Å²) in [6.45, 7) is 1.26. The quantitative estimate of drug-likeness (QED) is 0.561. The first kappa shape index (κ1) is 17.2. The van der Waals surface area contributed by atoms with Gasteiger partial charge in [0.05, 0.1) is 0 Å². The van der Waals surface area contributed by atoms with Crippen molar-refractivity contribution in [3.8, 4) is 0 Å². The molecule has 8 heteroatoms. The van der Waals surface area contributed by atoms with Crippen molar-refractivity contribution in [2.45, 2.75) is 31.7 Å². The number of amides is 3. The number of carbonyl (C=O) groups is 3. The zero-order valence-corrected chi connectivity index (χ0v) is 12.2. The highest BCUT2D eigenvalue weighted by Gasteiger charge is 2.28. The van der Waals surface area contributed by atoms with E-state index in [-0.39, 0.29) is 11.8 Å². The summed E-state index contributed by atoms with van der Waals surface area (Å²) in [6, 6.07) is -1.34. The summed E-state index contributed by atoms with van der Waals surface area (Å²) < 4.78 is 4.87. The topological polar surface area (TPSA) is 122 Å². The van der Waals surface area contributed by atoms with Crippen LogP contribution >= 0.6 is 0 Å². The highest BCUT2D eigenvalue weighted by Crippen LogP contribution is 2.16. The van der Waals surface area contributed by atoms with E-state index < -0.39 is 18.0 Å². The molecule has 1 heterocycles. The number of primary amides is 1. The second-order valence-corrected chi connectivity index (χ2v) is 5.14. The van der Waals surface area contributed by atoms with Crippen LogP contribution in [0.3, 0.4) is 0 Å². The average Bonchev–Trinajstić information content (AvgIpc) is 2.46. The van der Waals surface area contributed by atoms with Gasteiger partial charge in [0.15, 0.2) is 0 Å². The number of rotatable bonds is 7. The summed E-state index contributed by atoms with van der Waals surface area (Å²) in [4.78, 5) is 35.7. The number of hydrogen-bond acceptors (Lipinski definition) is 4. The number of urea groups is 1. The van der Waals surface area contributed by atoms with Gasteiger partial charge in [-0.3, -0.25) is 4.79 Å². The van der Waals surface area contributed by atoms with Gasteiger partial charge in [0.2, 0.25) is 5.91 Å². The lowest BCUT2D eigenvalue weighted by atomic mass is 9.96. The first-order chi connectivity index (χ1) is 9.95. The third-order valence-corrected chi connectivity index (χ3v) is 3.62. The monoisotopic (exact) mass is 301 g/mol. The maximum absolute atomic E-state index is 12.0. The zero-order chi connectivity index (χ0) is 15.8. The molecule has 0 aromatic carbocycles. The first-order valence-electron chi connectivity index (χ1n) is 7.02. The van der Waals surface area contributed by atoms with Crippen molar-refractivity contribution in [1.82, 2.24) is 10.2 Å². The number of ether oxygens (including phenoxy) is 1. The number of nitrogens with one attached hydrogen (secondary N) is 1. The number of aliphatic carboxylic acids is 1.